The number of hydrogen-bond donors (Lipinski definition) is 1. The van der Waals surface area contributed by atoms with Crippen LogP contribution in [0.4, 0.5) is 0 Å². The summed E-state index contributed by atoms with van der Waals surface area (Å²) in [4.78, 5) is 25.9. The molecule has 140 valence electrons. The first-order valence-corrected chi connectivity index (χ1v) is 10.3. The fourth-order valence-electron chi connectivity index (χ4n) is 7.41. The van der Waals surface area contributed by atoms with Crippen molar-refractivity contribution in [1.29, 1.82) is 0 Å². The van der Waals surface area contributed by atoms with Crippen LogP contribution in [0.25, 0.3) is 0 Å². The highest BCUT2D eigenvalue weighted by Gasteiger charge is 2.67. The molecule has 0 spiro atoms. The Morgan fingerprint density at radius 3 is 1.40 bits per heavy atom. The molecule has 3 nitrogen and oxygen atoms in total. The van der Waals surface area contributed by atoms with Crippen molar-refractivity contribution >= 4 is 11.6 Å². The molecular weight excluding hydrogens is 310 g/mol. The van der Waals surface area contributed by atoms with E-state index in [9.17, 15) is 9.59 Å². The third-order valence-electron chi connectivity index (χ3n) is 10.1. The minimum atomic E-state index is -0.137. The predicted octanol–water partition coefficient (Wildman–Crippen LogP) is 3.86. The van der Waals surface area contributed by atoms with Crippen molar-refractivity contribution in [3.63, 3.8) is 0 Å². The Morgan fingerprint density at radius 1 is 0.760 bits per heavy atom. The molecule has 4 rings (SSSR count). The number of rotatable bonds is 4. The number of Topliss-reactive ketones (excluding diaryl/α,β-unsaturated/α-hetero) is 2. The van der Waals surface area contributed by atoms with Gasteiger partial charge in [0.05, 0.1) is 0 Å². The topological polar surface area (TPSA) is 46.2 Å². The van der Waals surface area contributed by atoms with Crippen LogP contribution in [-0.4, -0.2) is 24.7 Å². The van der Waals surface area contributed by atoms with Crippen LogP contribution in [-0.2, 0) is 9.59 Å². The zero-order chi connectivity index (χ0) is 18.4. The van der Waals surface area contributed by atoms with Gasteiger partial charge in [0.2, 0.25) is 0 Å². The Balaban J connectivity index is 1.42. The van der Waals surface area contributed by atoms with Crippen molar-refractivity contribution in [2.45, 2.75) is 67.2 Å². The SMILES string of the molecule is CC1(C)[C@H]2CC[C@@]1(C)C(=O)[C@@H]2CNC[C@H]1C(=O)[C@@]2(C)CC[C@@H]1C2(C)C. The number of nitrogens with one attached hydrogen (secondary N) is 1. The van der Waals surface area contributed by atoms with Crippen LogP contribution in [0.5, 0.6) is 0 Å². The summed E-state index contributed by atoms with van der Waals surface area (Å²) in [5.74, 6) is 2.22. The Morgan fingerprint density at radius 2 is 1.12 bits per heavy atom. The van der Waals surface area contributed by atoms with Gasteiger partial charge in [-0.15, -0.1) is 0 Å². The lowest BCUT2D eigenvalue weighted by atomic mass is 9.70. The van der Waals surface area contributed by atoms with Crippen LogP contribution >= 0.6 is 0 Å². The Hall–Kier alpha value is -0.700. The Kier molecular flexibility index (Phi) is 3.52. The quantitative estimate of drug-likeness (QED) is 0.841. The maximum atomic E-state index is 13.0. The lowest BCUT2D eigenvalue weighted by molar-refractivity contribution is -0.131. The molecule has 0 aliphatic heterocycles. The molecule has 3 heteroatoms. The zero-order valence-electron chi connectivity index (χ0n) is 16.9. The van der Waals surface area contributed by atoms with E-state index in [1.807, 2.05) is 0 Å². The summed E-state index contributed by atoms with van der Waals surface area (Å²) in [6.45, 7) is 15.0. The maximum absolute atomic E-state index is 13.0. The Labute approximate surface area is 152 Å². The molecule has 0 amide bonds. The molecule has 4 aliphatic rings. The van der Waals surface area contributed by atoms with E-state index in [0.29, 0.717) is 23.4 Å². The first kappa shape index (κ1) is 17.7. The molecule has 6 atom stereocenters. The summed E-state index contributed by atoms with van der Waals surface area (Å²) in [7, 11) is 0. The molecule has 0 aromatic rings. The average Bonchev–Trinajstić information content (AvgIpc) is 3.01. The van der Waals surface area contributed by atoms with E-state index in [-0.39, 0.29) is 33.5 Å². The van der Waals surface area contributed by atoms with Crippen LogP contribution in [0.2, 0.25) is 0 Å². The predicted molar refractivity (Wildman–Crippen MR) is 99.1 cm³/mol. The second kappa shape index (κ2) is 4.97. The molecule has 0 aromatic carbocycles. The van der Waals surface area contributed by atoms with Gasteiger partial charge >= 0.3 is 0 Å². The van der Waals surface area contributed by atoms with E-state index in [1.165, 1.54) is 12.8 Å². The van der Waals surface area contributed by atoms with E-state index in [4.69, 9.17) is 0 Å². The van der Waals surface area contributed by atoms with Crippen LogP contribution in [0, 0.1) is 45.3 Å². The molecule has 0 radical (unpaired) electrons. The lowest BCUT2D eigenvalue weighted by Gasteiger charge is -2.32. The van der Waals surface area contributed by atoms with E-state index >= 15 is 0 Å². The van der Waals surface area contributed by atoms with Crippen LogP contribution < -0.4 is 5.32 Å². The molecule has 4 saturated carbocycles. The highest BCUT2D eigenvalue weighted by molar-refractivity contribution is 5.92. The van der Waals surface area contributed by atoms with Gasteiger partial charge in [-0.05, 0) is 48.3 Å². The minimum Gasteiger partial charge on any atom is -0.315 e. The zero-order valence-corrected chi connectivity index (χ0v) is 16.9. The van der Waals surface area contributed by atoms with Crippen LogP contribution in [0.15, 0.2) is 0 Å². The van der Waals surface area contributed by atoms with Gasteiger partial charge in [-0.25, -0.2) is 0 Å². The highest BCUT2D eigenvalue weighted by atomic mass is 16.1. The summed E-state index contributed by atoms with van der Waals surface area (Å²) >= 11 is 0. The standard InChI is InChI=1S/C22H35NO2/c1-19(2)15-7-9-21(19,5)17(24)13(15)11-23-12-14-16-8-10-22(6,18(14)25)20(16,3)4/h13-16,23H,7-12H2,1-6H3/t13-,14-,15+,16+,21-,22+/m1/s1. The van der Waals surface area contributed by atoms with Gasteiger partial charge in [-0.3, -0.25) is 9.59 Å². The van der Waals surface area contributed by atoms with E-state index < -0.39 is 0 Å². The number of carbonyl (C=O) groups is 2. The largest absolute Gasteiger partial charge is 0.315 e. The molecule has 0 heterocycles. The number of ketones is 2. The fraction of sp³-hybridized carbons (Fsp3) is 0.909. The molecule has 4 aliphatic carbocycles. The summed E-state index contributed by atoms with van der Waals surface area (Å²) in [5, 5.41) is 3.57. The molecule has 0 saturated heterocycles. The molecular formula is C22H35NO2. The molecule has 0 aromatic heterocycles. The van der Waals surface area contributed by atoms with Crippen molar-refractivity contribution in [3.05, 3.63) is 0 Å². The Bertz CT molecular complexity index is 582. The normalized spacial score (nSPS) is 49.4. The lowest BCUT2D eigenvalue weighted by Crippen LogP contribution is -2.40. The molecule has 4 bridgehead atoms. The molecule has 1 N–H and O–H groups in total. The summed E-state index contributed by atoms with van der Waals surface area (Å²) in [6, 6.07) is 0. The second-order valence-electron chi connectivity index (χ2n) is 11.0. The maximum Gasteiger partial charge on any atom is 0.143 e. The van der Waals surface area contributed by atoms with E-state index in [1.54, 1.807) is 0 Å². The molecule has 0 unspecified atom stereocenters. The number of carbonyl (C=O) groups excluding carboxylic acids is 2. The van der Waals surface area contributed by atoms with Crippen molar-refractivity contribution in [1.82, 2.24) is 5.32 Å². The van der Waals surface area contributed by atoms with Crippen molar-refractivity contribution in [2.75, 3.05) is 13.1 Å². The summed E-state index contributed by atoms with van der Waals surface area (Å²) < 4.78 is 0. The third kappa shape index (κ3) is 1.86. The third-order valence-corrected chi connectivity index (χ3v) is 10.1. The summed E-state index contributed by atoms with van der Waals surface area (Å²) in [5.41, 5.74) is -0.0360. The molecule has 4 fully saturated rings. The number of fused-ring (bicyclic) bond motifs is 4. The van der Waals surface area contributed by atoms with E-state index in [2.05, 4.69) is 46.9 Å². The van der Waals surface area contributed by atoms with Gasteiger partial charge < -0.3 is 5.32 Å². The number of hydrogen-bond acceptors (Lipinski definition) is 3. The van der Waals surface area contributed by atoms with E-state index in [0.717, 1.165) is 25.9 Å². The van der Waals surface area contributed by atoms with Crippen molar-refractivity contribution in [3.8, 4) is 0 Å². The van der Waals surface area contributed by atoms with Crippen molar-refractivity contribution in [2.24, 2.45) is 45.3 Å². The average molecular weight is 346 g/mol. The molecule has 25 heavy (non-hydrogen) atoms. The highest BCUT2D eigenvalue weighted by Crippen LogP contribution is 2.66. The first-order chi connectivity index (χ1) is 11.5. The summed E-state index contributed by atoms with van der Waals surface area (Å²) in [6.07, 6.45) is 4.46. The monoisotopic (exact) mass is 345 g/mol. The van der Waals surface area contributed by atoms with Gasteiger partial charge in [0, 0.05) is 35.8 Å². The fourth-order valence-corrected chi connectivity index (χ4v) is 7.41. The smallest absolute Gasteiger partial charge is 0.143 e. The van der Waals surface area contributed by atoms with Gasteiger partial charge in [-0.2, -0.15) is 0 Å². The van der Waals surface area contributed by atoms with Gasteiger partial charge in [-0.1, -0.05) is 41.5 Å². The van der Waals surface area contributed by atoms with Crippen LogP contribution in [0.3, 0.4) is 0 Å². The van der Waals surface area contributed by atoms with Gasteiger partial charge in [0.25, 0.3) is 0 Å². The van der Waals surface area contributed by atoms with Crippen molar-refractivity contribution < 1.29 is 9.59 Å². The van der Waals surface area contributed by atoms with Gasteiger partial charge in [0.1, 0.15) is 11.6 Å². The second-order valence-corrected chi connectivity index (χ2v) is 11.0. The van der Waals surface area contributed by atoms with Gasteiger partial charge in [0.15, 0.2) is 0 Å². The first-order valence-electron chi connectivity index (χ1n) is 10.3. The van der Waals surface area contributed by atoms with Crippen LogP contribution in [0.1, 0.15) is 67.2 Å². The minimum absolute atomic E-state index is 0.119.